The van der Waals surface area contributed by atoms with Crippen LogP contribution in [0.15, 0.2) is 40.6 Å². The molecule has 1 aromatic carbocycles. The molecule has 25 heavy (non-hydrogen) atoms. The van der Waals surface area contributed by atoms with Gasteiger partial charge in [-0.15, -0.1) is 0 Å². The van der Waals surface area contributed by atoms with E-state index in [-0.39, 0.29) is 15.5 Å². The fraction of sp³-hybridized carbons (Fsp3) is 0.267. The van der Waals surface area contributed by atoms with Gasteiger partial charge in [0.05, 0.1) is 11.5 Å². The number of sulfonamides is 1. The first kappa shape index (κ1) is 19.4. The molecule has 0 bridgehead atoms. The van der Waals surface area contributed by atoms with Crippen molar-refractivity contribution >= 4 is 26.4 Å². The van der Waals surface area contributed by atoms with Crippen LogP contribution >= 0.6 is 11.3 Å². The van der Waals surface area contributed by atoms with Crippen LogP contribution in [-0.2, 0) is 10.0 Å². The first-order valence-corrected chi connectivity index (χ1v) is 9.23. The van der Waals surface area contributed by atoms with Gasteiger partial charge >= 0.3 is 6.18 Å². The van der Waals surface area contributed by atoms with Crippen molar-refractivity contribution < 1.29 is 26.0 Å². The highest BCUT2D eigenvalue weighted by molar-refractivity contribution is 7.89. The van der Waals surface area contributed by atoms with Crippen molar-refractivity contribution in [3.05, 3.63) is 58.5 Å². The van der Waals surface area contributed by atoms with Crippen LogP contribution in [-0.4, -0.2) is 25.4 Å². The minimum atomic E-state index is -4.90. The lowest BCUT2D eigenvalue weighted by Crippen LogP contribution is -2.42. The summed E-state index contributed by atoms with van der Waals surface area (Å²) in [5.74, 6) is -0.727. The number of rotatable bonds is 5. The summed E-state index contributed by atoms with van der Waals surface area (Å²) in [6.45, 7) is 7.69. The van der Waals surface area contributed by atoms with Crippen molar-refractivity contribution in [1.29, 1.82) is 0 Å². The molecule has 0 amide bonds. The average Bonchev–Trinajstić information content (AvgIpc) is 3.02. The Labute approximate surface area is 146 Å². The quantitative estimate of drug-likeness (QED) is 0.544. The maximum absolute atomic E-state index is 13.6. The summed E-state index contributed by atoms with van der Waals surface area (Å²) >= 11 is 0.830. The van der Waals surface area contributed by atoms with Gasteiger partial charge in [-0.3, -0.25) is 0 Å². The SMILES string of the molecule is [C-]#[N+]c1cc(S(=O)(=O)N(CC)[C@@H](c2ccc(F)cc2)C(F)(F)F)cs1. The van der Waals surface area contributed by atoms with Crippen LogP contribution < -0.4 is 0 Å². The Hall–Kier alpha value is -1.96. The molecule has 0 fully saturated rings. The van der Waals surface area contributed by atoms with E-state index in [1.807, 2.05) is 0 Å². The van der Waals surface area contributed by atoms with E-state index >= 15 is 0 Å². The van der Waals surface area contributed by atoms with Gasteiger partial charge in [0.15, 0.2) is 0 Å². The van der Waals surface area contributed by atoms with E-state index in [4.69, 9.17) is 6.57 Å². The standard InChI is InChI=1S/C15H12F4N2O2S2/c1-3-21(25(22,23)12-8-13(20-2)24-9-12)14(15(17,18)19)10-4-6-11(16)7-5-10/h4-9,14H,3H2,1H3/t14-/m0/s1. The summed E-state index contributed by atoms with van der Waals surface area (Å²) < 4.78 is 79.5. The number of halogens is 4. The second kappa shape index (κ2) is 7.11. The normalized spacial score (nSPS) is 13.6. The largest absolute Gasteiger partial charge is 0.409 e. The zero-order valence-electron chi connectivity index (χ0n) is 12.8. The highest BCUT2D eigenvalue weighted by Gasteiger charge is 2.48. The van der Waals surface area contributed by atoms with Crippen LogP contribution in [0.4, 0.5) is 22.6 Å². The van der Waals surface area contributed by atoms with Gasteiger partial charge in [-0.25, -0.2) is 17.7 Å². The van der Waals surface area contributed by atoms with Crippen LogP contribution in [0.25, 0.3) is 4.85 Å². The Bertz CT molecular complexity index is 883. The molecule has 0 N–H and O–H groups in total. The van der Waals surface area contributed by atoms with Gasteiger partial charge in [0.2, 0.25) is 15.0 Å². The van der Waals surface area contributed by atoms with Gasteiger partial charge in [-0.05, 0) is 29.1 Å². The van der Waals surface area contributed by atoms with Crippen molar-refractivity contribution in [2.24, 2.45) is 0 Å². The molecule has 0 saturated carbocycles. The molecule has 1 heterocycles. The lowest BCUT2D eigenvalue weighted by atomic mass is 10.1. The van der Waals surface area contributed by atoms with Gasteiger partial charge in [0, 0.05) is 6.54 Å². The Morgan fingerprint density at radius 3 is 2.32 bits per heavy atom. The fourth-order valence-electron chi connectivity index (χ4n) is 2.29. The Morgan fingerprint density at radius 1 is 1.28 bits per heavy atom. The molecular weight excluding hydrogens is 380 g/mol. The molecule has 10 heteroatoms. The Balaban J connectivity index is 2.57. The highest BCUT2D eigenvalue weighted by Crippen LogP contribution is 2.41. The molecule has 1 atom stereocenters. The molecule has 2 rings (SSSR count). The molecule has 2 aromatic rings. The second-order valence-electron chi connectivity index (χ2n) is 4.94. The summed E-state index contributed by atoms with van der Waals surface area (Å²) in [5.41, 5.74) is -0.389. The van der Waals surface area contributed by atoms with Crippen LogP contribution in [0.1, 0.15) is 18.5 Å². The maximum atomic E-state index is 13.6. The predicted molar refractivity (Wildman–Crippen MR) is 85.3 cm³/mol. The molecule has 0 aliphatic carbocycles. The van der Waals surface area contributed by atoms with Gasteiger partial charge in [0.25, 0.3) is 0 Å². The van der Waals surface area contributed by atoms with E-state index < -0.39 is 34.6 Å². The van der Waals surface area contributed by atoms with E-state index in [9.17, 15) is 26.0 Å². The number of alkyl halides is 3. The summed E-state index contributed by atoms with van der Waals surface area (Å²) in [4.78, 5) is 2.70. The maximum Gasteiger partial charge on any atom is 0.409 e. The number of benzene rings is 1. The molecule has 4 nitrogen and oxygen atoms in total. The van der Waals surface area contributed by atoms with Crippen LogP contribution in [0.2, 0.25) is 0 Å². The molecule has 0 aliphatic heterocycles. The number of hydrogen-bond donors (Lipinski definition) is 0. The van der Waals surface area contributed by atoms with Crippen molar-refractivity contribution in [1.82, 2.24) is 4.31 Å². The van der Waals surface area contributed by atoms with E-state index in [1.165, 1.54) is 6.92 Å². The third-order valence-corrected chi connectivity index (χ3v) is 6.26. The molecule has 1 aromatic heterocycles. The second-order valence-corrected chi connectivity index (χ2v) is 7.72. The molecule has 0 saturated heterocycles. The van der Waals surface area contributed by atoms with Gasteiger partial charge in [0.1, 0.15) is 11.9 Å². The highest BCUT2D eigenvalue weighted by atomic mass is 32.2. The minimum absolute atomic E-state index is 0.0555. The zero-order valence-corrected chi connectivity index (χ0v) is 14.4. The van der Waals surface area contributed by atoms with Crippen molar-refractivity contribution in [2.45, 2.75) is 24.0 Å². The van der Waals surface area contributed by atoms with Crippen LogP contribution in [0.3, 0.4) is 0 Å². The monoisotopic (exact) mass is 392 g/mol. The minimum Gasteiger partial charge on any atom is -0.227 e. The topological polar surface area (TPSA) is 41.7 Å². The molecular formula is C15H12F4N2O2S2. The first-order valence-electron chi connectivity index (χ1n) is 6.91. The van der Waals surface area contributed by atoms with Gasteiger partial charge in [-0.1, -0.05) is 19.1 Å². The Morgan fingerprint density at radius 2 is 1.88 bits per heavy atom. The molecule has 0 spiro atoms. The van der Waals surface area contributed by atoms with E-state index in [0.717, 1.165) is 47.0 Å². The summed E-state index contributed by atoms with van der Waals surface area (Å²) in [6, 6.07) is 2.08. The molecule has 134 valence electrons. The van der Waals surface area contributed by atoms with E-state index in [0.29, 0.717) is 4.31 Å². The molecule has 0 aliphatic rings. The van der Waals surface area contributed by atoms with Crippen LogP contribution in [0, 0.1) is 12.4 Å². The lowest BCUT2D eigenvalue weighted by Gasteiger charge is -2.31. The molecule has 0 unspecified atom stereocenters. The zero-order chi connectivity index (χ0) is 18.8. The summed E-state index contributed by atoms with van der Waals surface area (Å²) in [7, 11) is -4.49. The summed E-state index contributed by atoms with van der Waals surface area (Å²) in [6.07, 6.45) is -4.90. The van der Waals surface area contributed by atoms with Crippen molar-refractivity contribution in [2.75, 3.05) is 6.54 Å². The fourth-order valence-corrected chi connectivity index (χ4v) is 4.94. The van der Waals surface area contributed by atoms with E-state index in [2.05, 4.69) is 4.85 Å². The molecule has 0 radical (unpaired) electrons. The summed E-state index contributed by atoms with van der Waals surface area (Å²) in [5, 5.41) is 1.18. The first-order chi connectivity index (χ1) is 11.6. The van der Waals surface area contributed by atoms with Crippen molar-refractivity contribution in [3.63, 3.8) is 0 Å². The number of nitrogens with zero attached hydrogens (tertiary/aromatic N) is 2. The van der Waals surface area contributed by atoms with Gasteiger partial charge in [-0.2, -0.15) is 28.8 Å². The van der Waals surface area contributed by atoms with Crippen LogP contribution in [0.5, 0.6) is 0 Å². The van der Waals surface area contributed by atoms with Gasteiger partial charge < -0.3 is 0 Å². The number of thiophene rings is 1. The predicted octanol–water partition coefficient (Wildman–Crippen LogP) is 4.75. The third-order valence-electron chi connectivity index (χ3n) is 3.37. The lowest BCUT2D eigenvalue weighted by molar-refractivity contribution is -0.173. The third kappa shape index (κ3) is 4.00. The number of hydrogen-bond acceptors (Lipinski definition) is 3. The van der Waals surface area contributed by atoms with Crippen molar-refractivity contribution in [3.8, 4) is 0 Å². The smallest absolute Gasteiger partial charge is 0.227 e. The Kier molecular flexibility index (Phi) is 5.51. The van der Waals surface area contributed by atoms with E-state index in [1.54, 1.807) is 0 Å². The average molecular weight is 392 g/mol.